The van der Waals surface area contributed by atoms with E-state index in [0.29, 0.717) is 6.61 Å². The van der Waals surface area contributed by atoms with Crippen LogP contribution in [0.4, 0.5) is 5.69 Å². The summed E-state index contributed by atoms with van der Waals surface area (Å²) in [6.45, 7) is 3.27. The van der Waals surface area contributed by atoms with Crippen LogP contribution in [0.1, 0.15) is 24.9 Å². The van der Waals surface area contributed by atoms with Crippen molar-refractivity contribution in [2.75, 3.05) is 31.6 Å². The Balaban J connectivity index is 2.13. The maximum Gasteiger partial charge on any atom is 0.244 e. The second kappa shape index (κ2) is 7.61. The lowest BCUT2D eigenvalue weighted by molar-refractivity contribution is 0.191. The number of halogens is 1. The summed E-state index contributed by atoms with van der Waals surface area (Å²) >= 11 is 2.19. The van der Waals surface area contributed by atoms with E-state index in [1.54, 1.807) is 14.2 Å². The van der Waals surface area contributed by atoms with Gasteiger partial charge >= 0.3 is 0 Å². The van der Waals surface area contributed by atoms with Crippen LogP contribution < -0.4 is 9.62 Å². The van der Waals surface area contributed by atoms with Gasteiger partial charge in [-0.2, -0.15) is 0 Å². The van der Waals surface area contributed by atoms with Gasteiger partial charge in [0.25, 0.3) is 0 Å². The summed E-state index contributed by atoms with van der Waals surface area (Å²) in [6.07, 6.45) is 6.82. The fourth-order valence-electron chi connectivity index (χ4n) is 3.86. The van der Waals surface area contributed by atoms with Crippen molar-refractivity contribution in [2.45, 2.75) is 24.1 Å². The van der Waals surface area contributed by atoms with Gasteiger partial charge in [-0.15, -0.1) is 0 Å². The summed E-state index contributed by atoms with van der Waals surface area (Å²) < 4.78 is 33.6. The molecule has 0 radical (unpaired) electrons. The highest BCUT2D eigenvalue weighted by atomic mass is 127. The minimum atomic E-state index is -3.58. The summed E-state index contributed by atoms with van der Waals surface area (Å²) in [5.74, 6) is -0.195. The number of methoxy groups -OCH3 is 1. The van der Waals surface area contributed by atoms with Crippen molar-refractivity contribution < 1.29 is 13.2 Å². The average Bonchev–Trinajstić information content (AvgIpc) is 2.66. The van der Waals surface area contributed by atoms with Gasteiger partial charge < -0.3 is 10.1 Å². The van der Waals surface area contributed by atoms with Gasteiger partial charge in [0.15, 0.2) is 0 Å². The van der Waals surface area contributed by atoms with E-state index >= 15 is 0 Å². The molecule has 0 saturated heterocycles. The summed E-state index contributed by atoms with van der Waals surface area (Å²) in [6, 6.07) is 7.68. The molecule has 1 aromatic carbocycles. The Morgan fingerprint density at radius 1 is 1.35 bits per heavy atom. The fraction of sp³-hybridized carbons (Fsp3) is 0.474. The molecule has 2 aliphatic rings. The van der Waals surface area contributed by atoms with Gasteiger partial charge in [0, 0.05) is 36.3 Å². The summed E-state index contributed by atoms with van der Waals surface area (Å²) in [5.41, 5.74) is 1.75. The molecule has 3 rings (SSSR count). The first-order chi connectivity index (χ1) is 12.3. The number of hydrogen-bond acceptors (Lipinski definition) is 4. The molecule has 1 heterocycles. The number of fused-ring (bicyclic) bond motifs is 2. The van der Waals surface area contributed by atoms with Gasteiger partial charge in [-0.25, -0.2) is 8.42 Å². The summed E-state index contributed by atoms with van der Waals surface area (Å²) in [5, 5.41) is 3.60. The number of nitrogens with one attached hydrogen (secondary N) is 1. The van der Waals surface area contributed by atoms with Crippen molar-refractivity contribution in [1.29, 1.82) is 0 Å². The van der Waals surface area contributed by atoms with E-state index in [0.717, 1.165) is 27.8 Å². The number of anilines is 1. The SMILES string of the molecule is COCCCNC1c2ccccc2N(C)S(=O)(=O)C2(C)C=C(I)C=CC12. The highest BCUT2D eigenvalue weighted by molar-refractivity contribution is 14.1. The van der Waals surface area contributed by atoms with Crippen LogP contribution in [0.25, 0.3) is 0 Å². The zero-order valence-corrected chi connectivity index (χ0v) is 18.2. The first-order valence-corrected chi connectivity index (χ1v) is 11.2. The lowest BCUT2D eigenvalue weighted by atomic mass is 9.80. The summed E-state index contributed by atoms with van der Waals surface area (Å²) in [7, 11) is -0.230. The Bertz CT molecular complexity index is 837. The Kier molecular flexibility index (Phi) is 5.81. The fourth-order valence-corrected chi connectivity index (χ4v) is 6.78. The second-order valence-electron chi connectivity index (χ2n) is 6.91. The molecule has 3 atom stereocenters. The molecule has 0 spiro atoms. The zero-order chi connectivity index (χ0) is 18.9. The second-order valence-corrected chi connectivity index (χ2v) is 10.5. The number of benzene rings is 1. The van der Waals surface area contributed by atoms with E-state index in [1.165, 1.54) is 4.31 Å². The average molecular weight is 488 g/mol. The van der Waals surface area contributed by atoms with Crippen LogP contribution in [0.15, 0.2) is 46.1 Å². The third kappa shape index (κ3) is 3.23. The predicted molar refractivity (Wildman–Crippen MR) is 114 cm³/mol. The quantitative estimate of drug-likeness (QED) is 0.510. The van der Waals surface area contributed by atoms with Crippen molar-refractivity contribution in [3.8, 4) is 0 Å². The van der Waals surface area contributed by atoms with Crippen molar-refractivity contribution >= 4 is 38.3 Å². The number of nitrogens with zero attached hydrogens (tertiary/aromatic N) is 1. The topological polar surface area (TPSA) is 58.6 Å². The van der Waals surface area contributed by atoms with E-state index in [9.17, 15) is 8.42 Å². The lowest BCUT2D eigenvalue weighted by Crippen LogP contribution is -2.50. The highest BCUT2D eigenvalue weighted by Gasteiger charge is 2.53. The molecule has 7 heteroatoms. The molecule has 0 bridgehead atoms. The van der Waals surface area contributed by atoms with Gasteiger partial charge in [0.2, 0.25) is 10.0 Å². The first-order valence-electron chi connectivity index (χ1n) is 8.69. The molecule has 142 valence electrons. The van der Waals surface area contributed by atoms with E-state index in [1.807, 2.05) is 49.4 Å². The van der Waals surface area contributed by atoms with Gasteiger partial charge in [0.05, 0.1) is 5.69 Å². The third-order valence-corrected chi connectivity index (χ3v) is 8.42. The number of rotatable bonds is 5. The van der Waals surface area contributed by atoms with Crippen LogP contribution in [0.2, 0.25) is 0 Å². The van der Waals surface area contributed by atoms with Crippen LogP contribution in [0.5, 0.6) is 0 Å². The lowest BCUT2D eigenvalue weighted by Gasteiger charge is -2.39. The first kappa shape index (κ1) is 19.9. The van der Waals surface area contributed by atoms with Gasteiger partial charge in [-0.1, -0.05) is 30.4 Å². The monoisotopic (exact) mass is 488 g/mol. The minimum absolute atomic E-state index is 0.0928. The van der Waals surface area contributed by atoms with Crippen molar-refractivity contribution in [2.24, 2.45) is 5.92 Å². The Hall–Kier alpha value is -0.900. The van der Waals surface area contributed by atoms with E-state index in [2.05, 4.69) is 27.9 Å². The van der Waals surface area contributed by atoms with Gasteiger partial charge in [0.1, 0.15) is 4.75 Å². The molecule has 0 aromatic heterocycles. The molecule has 1 aliphatic heterocycles. The minimum Gasteiger partial charge on any atom is -0.385 e. The largest absolute Gasteiger partial charge is 0.385 e. The Morgan fingerprint density at radius 3 is 2.81 bits per heavy atom. The standard InChI is InChI=1S/C19H25IN2O3S/c1-19-13-14(20)9-10-16(19)18(21-11-6-12-25-3)15-7-4-5-8-17(15)22(2)26(19,23)24/h4-5,7-10,13,16,18,21H,6,11-12H2,1-3H3. The molecule has 3 unspecified atom stereocenters. The molecule has 1 aromatic rings. The highest BCUT2D eigenvalue weighted by Crippen LogP contribution is 2.49. The summed E-state index contributed by atoms with van der Waals surface area (Å²) in [4.78, 5) is 0. The number of hydrogen-bond donors (Lipinski definition) is 1. The molecule has 0 saturated carbocycles. The van der Waals surface area contributed by atoms with Crippen molar-refractivity contribution in [1.82, 2.24) is 5.32 Å². The van der Waals surface area contributed by atoms with Gasteiger partial charge in [-0.3, -0.25) is 4.31 Å². The number of ether oxygens (including phenoxy) is 1. The van der Waals surface area contributed by atoms with E-state index < -0.39 is 14.8 Å². The van der Waals surface area contributed by atoms with Crippen LogP contribution in [-0.2, 0) is 14.8 Å². The molecule has 1 N–H and O–H groups in total. The van der Waals surface area contributed by atoms with Crippen LogP contribution in [0.3, 0.4) is 0 Å². The number of para-hydroxylation sites is 1. The van der Waals surface area contributed by atoms with Crippen LogP contribution >= 0.6 is 22.6 Å². The van der Waals surface area contributed by atoms with Crippen LogP contribution in [-0.4, -0.2) is 40.5 Å². The van der Waals surface area contributed by atoms with E-state index in [4.69, 9.17) is 4.74 Å². The molecule has 26 heavy (non-hydrogen) atoms. The van der Waals surface area contributed by atoms with Crippen molar-refractivity contribution in [3.05, 3.63) is 51.6 Å². The Morgan fingerprint density at radius 2 is 2.08 bits per heavy atom. The Labute approximate surface area is 169 Å². The molecule has 0 fully saturated rings. The molecular weight excluding hydrogens is 463 g/mol. The third-order valence-electron chi connectivity index (χ3n) is 5.33. The molecule has 0 amide bonds. The number of sulfonamides is 1. The molecular formula is C19H25IN2O3S. The van der Waals surface area contributed by atoms with Crippen molar-refractivity contribution in [3.63, 3.8) is 0 Å². The maximum atomic E-state index is 13.5. The molecule has 5 nitrogen and oxygen atoms in total. The normalized spacial score (nSPS) is 29.5. The smallest absolute Gasteiger partial charge is 0.244 e. The van der Waals surface area contributed by atoms with E-state index in [-0.39, 0.29) is 12.0 Å². The zero-order valence-electron chi connectivity index (χ0n) is 15.3. The van der Waals surface area contributed by atoms with Crippen LogP contribution in [0, 0.1) is 5.92 Å². The maximum absolute atomic E-state index is 13.5. The predicted octanol–water partition coefficient (Wildman–Crippen LogP) is 3.40. The van der Waals surface area contributed by atoms with Gasteiger partial charge in [-0.05, 0) is 60.2 Å². The number of allylic oxidation sites excluding steroid dienone is 2. The molecule has 1 aliphatic carbocycles.